The van der Waals surface area contributed by atoms with Crippen molar-refractivity contribution < 1.29 is 23.8 Å². The lowest BCUT2D eigenvalue weighted by Gasteiger charge is -2.35. The molecule has 130 valence electrons. The molecular weight excluding hydrogens is 334 g/mol. The predicted octanol–water partition coefficient (Wildman–Crippen LogP) is 1.37. The highest BCUT2D eigenvalue weighted by molar-refractivity contribution is 7.10. The maximum atomic E-state index is 12.1. The van der Waals surface area contributed by atoms with Gasteiger partial charge in [-0.2, -0.15) is 0 Å². The molecule has 0 aliphatic carbocycles. The number of ether oxygens (including phenoxy) is 3. The Balaban J connectivity index is 1.88. The Labute approximate surface area is 143 Å². The van der Waals surface area contributed by atoms with Crippen molar-refractivity contribution in [2.45, 2.75) is 45.7 Å². The van der Waals surface area contributed by atoms with Crippen molar-refractivity contribution >= 4 is 34.5 Å². The Morgan fingerprint density at radius 3 is 2.33 bits per heavy atom. The van der Waals surface area contributed by atoms with Gasteiger partial charge in [0, 0.05) is 38.5 Å². The van der Waals surface area contributed by atoms with Crippen LogP contribution in [0.2, 0.25) is 0 Å². The molecule has 2 fully saturated rings. The highest BCUT2D eigenvalue weighted by Crippen LogP contribution is 2.30. The van der Waals surface area contributed by atoms with Crippen molar-refractivity contribution in [3.8, 4) is 0 Å². The lowest BCUT2D eigenvalue weighted by Crippen LogP contribution is -2.45. The van der Waals surface area contributed by atoms with Crippen molar-refractivity contribution in [1.82, 2.24) is 9.59 Å². The van der Waals surface area contributed by atoms with Crippen LogP contribution in [0.25, 0.3) is 6.08 Å². The van der Waals surface area contributed by atoms with Gasteiger partial charge in [-0.25, -0.2) is 9.59 Å². The van der Waals surface area contributed by atoms with Gasteiger partial charge in [0.2, 0.25) is 0 Å². The van der Waals surface area contributed by atoms with Crippen LogP contribution < -0.4 is 4.90 Å². The second kappa shape index (κ2) is 6.14. The Bertz CT molecular complexity index is 667. The van der Waals surface area contributed by atoms with Gasteiger partial charge in [-0.1, -0.05) is 4.49 Å². The Hall–Kier alpha value is -2.00. The zero-order valence-electron chi connectivity index (χ0n) is 13.9. The van der Waals surface area contributed by atoms with Crippen LogP contribution in [0.5, 0.6) is 0 Å². The second-order valence-corrected chi connectivity index (χ2v) is 7.10. The van der Waals surface area contributed by atoms with Gasteiger partial charge in [-0.3, -0.25) is 0 Å². The van der Waals surface area contributed by atoms with E-state index in [0.29, 0.717) is 18.8 Å². The van der Waals surface area contributed by atoms with Crippen LogP contribution in [0.15, 0.2) is 5.57 Å². The molecule has 0 unspecified atom stereocenters. The first-order valence-electron chi connectivity index (χ1n) is 7.66. The van der Waals surface area contributed by atoms with E-state index in [4.69, 9.17) is 14.2 Å². The molecular formula is C15H19N3O5S. The first-order valence-corrected chi connectivity index (χ1v) is 8.43. The van der Waals surface area contributed by atoms with E-state index >= 15 is 0 Å². The van der Waals surface area contributed by atoms with Crippen LogP contribution >= 0.6 is 11.5 Å². The van der Waals surface area contributed by atoms with Gasteiger partial charge < -0.3 is 19.1 Å². The number of anilines is 1. The fraction of sp³-hybridized carbons (Fsp3) is 0.600. The largest absolute Gasteiger partial charge is 0.419 e. The van der Waals surface area contributed by atoms with E-state index in [9.17, 15) is 9.59 Å². The SMILES string of the molecule is C[C@@H]1CN(c2snnc2C=C2C(=O)OC(C)(C)OC2=O)C[C@@H](C)O1. The van der Waals surface area contributed by atoms with Crippen LogP contribution in [0.1, 0.15) is 33.4 Å². The Kier molecular flexibility index (Phi) is 4.31. The number of cyclic esters (lactones) is 2. The minimum atomic E-state index is -1.26. The van der Waals surface area contributed by atoms with Crippen molar-refractivity contribution in [3.63, 3.8) is 0 Å². The van der Waals surface area contributed by atoms with Crippen LogP contribution in [-0.4, -0.2) is 52.6 Å². The molecule has 0 bridgehead atoms. The van der Waals surface area contributed by atoms with Crippen LogP contribution in [0.3, 0.4) is 0 Å². The normalized spacial score (nSPS) is 26.8. The van der Waals surface area contributed by atoms with Crippen LogP contribution in [-0.2, 0) is 23.8 Å². The highest BCUT2D eigenvalue weighted by Gasteiger charge is 2.39. The molecule has 0 spiro atoms. The average Bonchev–Trinajstić information content (AvgIpc) is 2.89. The van der Waals surface area contributed by atoms with Gasteiger partial charge in [-0.05, 0) is 19.9 Å². The minimum absolute atomic E-state index is 0.0711. The average molecular weight is 353 g/mol. The topological polar surface area (TPSA) is 90.9 Å². The van der Waals surface area contributed by atoms with Gasteiger partial charge in [-0.15, -0.1) is 5.10 Å². The third kappa shape index (κ3) is 3.41. The second-order valence-electron chi connectivity index (χ2n) is 6.36. The van der Waals surface area contributed by atoms with Gasteiger partial charge in [0.05, 0.1) is 12.2 Å². The molecule has 0 N–H and O–H groups in total. The molecule has 0 radical (unpaired) electrons. The number of morpholine rings is 1. The molecule has 8 nitrogen and oxygen atoms in total. The first-order chi connectivity index (χ1) is 11.2. The van der Waals surface area contributed by atoms with E-state index in [1.54, 1.807) is 0 Å². The maximum Gasteiger partial charge on any atom is 0.348 e. The summed E-state index contributed by atoms with van der Waals surface area (Å²) < 4.78 is 19.9. The number of esters is 2. The van der Waals surface area contributed by atoms with E-state index in [1.165, 1.54) is 31.5 Å². The molecule has 24 heavy (non-hydrogen) atoms. The molecule has 9 heteroatoms. The van der Waals surface area contributed by atoms with Crippen molar-refractivity contribution in [2.24, 2.45) is 0 Å². The number of aromatic nitrogens is 2. The predicted molar refractivity (Wildman–Crippen MR) is 86.4 cm³/mol. The van der Waals surface area contributed by atoms with Gasteiger partial charge in [0.1, 0.15) is 16.3 Å². The first kappa shape index (κ1) is 16.8. The molecule has 0 amide bonds. The summed E-state index contributed by atoms with van der Waals surface area (Å²) in [6.07, 6.45) is 1.52. The Morgan fingerprint density at radius 1 is 1.17 bits per heavy atom. The lowest BCUT2D eigenvalue weighted by atomic mass is 10.1. The van der Waals surface area contributed by atoms with Crippen molar-refractivity contribution in [3.05, 3.63) is 11.3 Å². The van der Waals surface area contributed by atoms with E-state index in [0.717, 1.165) is 5.00 Å². The number of rotatable bonds is 2. The lowest BCUT2D eigenvalue weighted by molar-refractivity contribution is -0.222. The molecule has 3 heterocycles. The summed E-state index contributed by atoms with van der Waals surface area (Å²) >= 11 is 1.21. The zero-order valence-corrected chi connectivity index (χ0v) is 14.8. The molecule has 2 saturated heterocycles. The molecule has 3 rings (SSSR count). The molecule has 2 atom stereocenters. The van der Waals surface area contributed by atoms with Gasteiger partial charge in [0.25, 0.3) is 5.79 Å². The summed E-state index contributed by atoms with van der Waals surface area (Å²) in [4.78, 5) is 26.2. The highest BCUT2D eigenvalue weighted by atomic mass is 32.1. The van der Waals surface area contributed by atoms with E-state index in [-0.39, 0.29) is 17.8 Å². The monoisotopic (exact) mass is 353 g/mol. The molecule has 0 aromatic carbocycles. The number of hydrogen-bond donors (Lipinski definition) is 0. The van der Waals surface area contributed by atoms with Crippen LogP contribution in [0, 0.1) is 0 Å². The summed E-state index contributed by atoms with van der Waals surface area (Å²) in [5.41, 5.74) is 0.266. The molecule has 2 aliphatic rings. The summed E-state index contributed by atoms with van der Waals surface area (Å²) in [6.45, 7) is 8.37. The third-order valence-electron chi connectivity index (χ3n) is 3.60. The smallest absolute Gasteiger partial charge is 0.348 e. The van der Waals surface area contributed by atoms with Gasteiger partial charge >= 0.3 is 11.9 Å². The fourth-order valence-corrected chi connectivity index (χ4v) is 3.43. The number of hydrogen-bond acceptors (Lipinski definition) is 9. The summed E-state index contributed by atoms with van der Waals surface area (Å²) in [6, 6.07) is 0. The van der Waals surface area contributed by atoms with E-state index in [1.807, 2.05) is 13.8 Å². The molecule has 1 aromatic heterocycles. The summed E-state index contributed by atoms with van der Waals surface area (Å²) in [5.74, 6) is -2.71. The standard InChI is InChI=1S/C15H19N3O5S/c1-8-6-18(7-9(2)21-8)12-11(16-17-24-12)5-10-13(19)22-15(3,4)23-14(10)20/h5,8-9H,6-7H2,1-4H3/t8-,9-/m1/s1. The minimum Gasteiger partial charge on any atom is -0.419 e. The fourth-order valence-electron chi connectivity index (χ4n) is 2.76. The van der Waals surface area contributed by atoms with Crippen molar-refractivity contribution in [1.29, 1.82) is 0 Å². The molecule has 0 saturated carbocycles. The number of carbonyl (C=O) groups excluding carboxylic acids is 2. The number of carbonyl (C=O) groups is 2. The number of nitrogens with zero attached hydrogens (tertiary/aromatic N) is 3. The van der Waals surface area contributed by atoms with Gasteiger partial charge in [0.15, 0.2) is 0 Å². The van der Waals surface area contributed by atoms with Crippen molar-refractivity contribution in [2.75, 3.05) is 18.0 Å². The molecule has 2 aliphatic heterocycles. The maximum absolute atomic E-state index is 12.1. The zero-order chi connectivity index (χ0) is 17.5. The Morgan fingerprint density at radius 2 is 1.75 bits per heavy atom. The third-order valence-corrected chi connectivity index (χ3v) is 4.40. The summed E-state index contributed by atoms with van der Waals surface area (Å²) in [5, 5.41) is 4.82. The quantitative estimate of drug-likeness (QED) is 0.447. The van der Waals surface area contributed by atoms with Crippen LogP contribution in [0.4, 0.5) is 5.00 Å². The van der Waals surface area contributed by atoms with E-state index in [2.05, 4.69) is 14.5 Å². The van der Waals surface area contributed by atoms with E-state index < -0.39 is 17.7 Å². The summed E-state index contributed by atoms with van der Waals surface area (Å²) in [7, 11) is 0. The molecule has 1 aromatic rings.